The van der Waals surface area contributed by atoms with E-state index in [4.69, 9.17) is 26.0 Å². The molecule has 0 fully saturated rings. The van der Waals surface area contributed by atoms with Gasteiger partial charge in [-0.05, 0) is 30.3 Å². The number of rotatable bonds is 4. The van der Waals surface area contributed by atoms with E-state index in [1.165, 1.54) is 0 Å². The summed E-state index contributed by atoms with van der Waals surface area (Å²) in [6, 6.07) is 14.7. The lowest BCUT2D eigenvalue weighted by molar-refractivity contribution is 0.367. The summed E-state index contributed by atoms with van der Waals surface area (Å²) in [4.78, 5) is 4.35. The maximum absolute atomic E-state index is 8.60. The van der Waals surface area contributed by atoms with Gasteiger partial charge in [-0.1, -0.05) is 29.8 Å². The van der Waals surface area contributed by atoms with Crippen LogP contribution in [0.4, 0.5) is 0 Å². The zero-order valence-corrected chi connectivity index (χ0v) is 12.2. The number of oxazole rings is 1. The predicted molar refractivity (Wildman–Crippen MR) is 85.5 cm³/mol. The molecule has 0 aliphatic carbocycles. The van der Waals surface area contributed by atoms with E-state index in [-0.39, 0.29) is 6.61 Å². The van der Waals surface area contributed by atoms with Crippen LogP contribution in [0.3, 0.4) is 0 Å². The Hall–Kier alpha value is -2.77. The number of aromatic nitrogens is 1. The van der Waals surface area contributed by atoms with E-state index in [1.807, 2.05) is 36.4 Å². The number of benzene rings is 2. The van der Waals surface area contributed by atoms with Crippen LogP contribution in [0.5, 0.6) is 5.75 Å². The summed E-state index contributed by atoms with van der Waals surface area (Å²) in [6.07, 6.45) is 3.58. The van der Waals surface area contributed by atoms with E-state index in [1.54, 1.807) is 24.3 Å². The van der Waals surface area contributed by atoms with Crippen LogP contribution < -0.4 is 4.74 Å². The second kappa shape index (κ2) is 6.33. The summed E-state index contributed by atoms with van der Waals surface area (Å²) < 4.78 is 11.0. The molecule has 0 aliphatic heterocycles. The van der Waals surface area contributed by atoms with Gasteiger partial charge in [0.25, 0.3) is 0 Å². The number of hydrogen-bond acceptors (Lipinski definition) is 4. The maximum Gasteiger partial charge on any atom is 0.220 e. The summed E-state index contributed by atoms with van der Waals surface area (Å²) in [5.41, 5.74) is 2.23. The molecule has 5 heteroatoms. The number of halogens is 1. The molecule has 1 heterocycles. The van der Waals surface area contributed by atoms with E-state index >= 15 is 0 Å². The van der Waals surface area contributed by atoms with Crippen LogP contribution in [0, 0.1) is 11.3 Å². The van der Waals surface area contributed by atoms with E-state index in [0.29, 0.717) is 27.8 Å². The summed E-state index contributed by atoms with van der Waals surface area (Å²) in [5.74, 6) is 1.12. The maximum atomic E-state index is 8.60. The molecule has 3 aromatic rings. The molecule has 0 spiro atoms. The smallest absolute Gasteiger partial charge is 0.220 e. The highest BCUT2D eigenvalue weighted by atomic mass is 35.5. The average molecular weight is 311 g/mol. The van der Waals surface area contributed by atoms with Crippen LogP contribution in [0.2, 0.25) is 5.02 Å². The molecule has 0 amide bonds. The molecule has 108 valence electrons. The molecule has 0 aliphatic rings. The largest absolute Gasteiger partial charge is 0.478 e. The molecule has 4 nitrogen and oxygen atoms in total. The Balaban J connectivity index is 1.88. The fourth-order valence-electron chi connectivity index (χ4n) is 2.01. The lowest BCUT2D eigenvalue weighted by Crippen LogP contribution is -1.94. The third kappa shape index (κ3) is 3.11. The van der Waals surface area contributed by atoms with Gasteiger partial charge in [-0.2, -0.15) is 5.26 Å². The quantitative estimate of drug-likeness (QED) is 0.709. The van der Waals surface area contributed by atoms with Crippen LogP contribution in [-0.4, -0.2) is 11.6 Å². The molecule has 22 heavy (non-hydrogen) atoms. The van der Waals surface area contributed by atoms with Gasteiger partial charge in [-0.25, -0.2) is 4.98 Å². The fraction of sp³-hybridized carbons (Fsp3) is 0.0588. The van der Waals surface area contributed by atoms with Crippen molar-refractivity contribution in [2.24, 2.45) is 0 Å². The van der Waals surface area contributed by atoms with Gasteiger partial charge in [0.05, 0.1) is 0 Å². The van der Waals surface area contributed by atoms with Crippen LogP contribution >= 0.6 is 11.6 Å². The lowest BCUT2D eigenvalue weighted by Gasteiger charge is -2.04. The standard InChI is InChI=1S/C17H11ClN2O2/c18-13-6-7-16-14(11-13)20-17(22-16)8-5-12-3-1-2-4-15(12)21-10-9-19/h1-8,11H,10H2/b8-5+. The van der Waals surface area contributed by atoms with Gasteiger partial charge in [0, 0.05) is 16.7 Å². The molecular formula is C17H11ClN2O2. The van der Waals surface area contributed by atoms with Crippen molar-refractivity contribution in [3.8, 4) is 11.8 Å². The first-order valence-electron chi connectivity index (χ1n) is 6.59. The molecule has 0 bridgehead atoms. The Morgan fingerprint density at radius 3 is 2.95 bits per heavy atom. The lowest BCUT2D eigenvalue weighted by atomic mass is 10.2. The number of fused-ring (bicyclic) bond motifs is 1. The van der Waals surface area contributed by atoms with Crippen molar-refractivity contribution in [3.63, 3.8) is 0 Å². The van der Waals surface area contributed by atoms with E-state index in [0.717, 1.165) is 5.56 Å². The highest BCUT2D eigenvalue weighted by molar-refractivity contribution is 6.31. The second-order valence-electron chi connectivity index (χ2n) is 4.48. The third-order valence-electron chi connectivity index (χ3n) is 2.98. The Morgan fingerprint density at radius 1 is 1.23 bits per heavy atom. The van der Waals surface area contributed by atoms with Crippen molar-refractivity contribution in [1.82, 2.24) is 4.98 Å². The van der Waals surface area contributed by atoms with Crippen molar-refractivity contribution in [3.05, 3.63) is 58.9 Å². The number of hydrogen-bond donors (Lipinski definition) is 0. The fourth-order valence-corrected chi connectivity index (χ4v) is 2.18. The molecule has 2 aromatic carbocycles. The molecule has 0 saturated carbocycles. The summed E-state index contributed by atoms with van der Waals surface area (Å²) in [6.45, 7) is 0.00619. The molecule has 0 unspecified atom stereocenters. The monoisotopic (exact) mass is 310 g/mol. The van der Waals surface area contributed by atoms with Crippen LogP contribution in [-0.2, 0) is 0 Å². The summed E-state index contributed by atoms with van der Waals surface area (Å²) >= 11 is 5.93. The molecule has 1 aromatic heterocycles. The van der Waals surface area contributed by atoms with Crippen molar-refractivity contribution < 1.29 is 9.15 Å². The van der Waals surface area contributed by atoms with Gasteiger partial charge in [0.15, 0.2) is 12.2 Å². The van der Waals surface area contributed by atoms with Crippen molar-refractivity contribution >= 4 is 34.9 Å². The number of nitrogens with zero attached hydrogens (tertiary/aromatic N) is 2. The van der Waals surface area contributed by atoms with Gasteiger partial charge in [-0.15, -0.1) is 0 Å². The normalized spacial score (nSPS) is 10.9. The second-order valence-corrected chi connectivity index (χ2v) is 4.92. The Bertz CT molecular complexity index is 878. The molecule has 0 saturated heterocycles. The van der Waals surface area contributed by atoms with Crippen LogP contribution in [0.25, 0.3) is 23.3 Å². The van der Waals surface area contributed by atoms with Crippen molar-refractivity contribution in [2.45, 2.75) is 0 Å². The number of ether oxygens (including phenoxy) is 1. The Kier molecular flexibility index (Phi) is 4.08. The van der Waals surface area contributed by atoms with E-state index in [9.17, 15) is 0 Å². The Labute approximate surface area is 132 Å². The van der Waals surface area contributed by atoms with Gasteiger partial charge >= 0.3 is 0 Å². The number of nitriles is 1. The topological polar surface area (TPSA) is 59.0 Å². The molecule has 0 atom stereocenters. The first-order valence-corrected chi connectivity index (χ1v) is 6.97. The van der Waals surface area contributed by atoms with Gasteiger partial charge < -0.3 is 9.15 Å². The van der Waals surface area contributed by atoms with Gasteiger partial charge in [0.2, 0.25) is 5.89 Å². The average Bonchev–Trinajstić information content (AvgIpc) is 2.93. The van der Waals surface area contributed by atoms with E-state index in [2.05, 4.69) is 4.98 Å². The summed E-state index contributed by atoms with van der Waals surface area (Å²) in [5, 5.41) is 9.22. The minimum atomic E-state index is 0.00619. The zero-order chi connectivity index (χ0) is 15.4. The first-order chi connectivity index (χ1) is 10.8. The predicted octanol–water partition coefficient (Wildman–Crippen LogP) is 4.55. The van der Waals surface area contributed by atoms with Gasteiger partial charge in [0.1, 0.15) is 17.3 Å². The van der Waals surface area contributed by atoms with E-state index < -0.39 is 0 Å². The molecule has 0 radical (unpaired) electrons. The SMILES string of the molecule is N#CCOc1ccccc1/C=C/c1nc2cc(Cl)ccc2o1. The van der Waals surface area contributed by atoms with Crippen LogP contribution in [0.15, 0.2) is 46.9 Å². The minimum Gasteiger partial charge on any atom is -0.478 e. The molecule has 0 N–H and O–H groups in total. The Morgan fingerprint density at radius 2 is 2.09 bits per heavy atom. The number of para-hydroxylation sites is 1. The minimum absolute atomic E-state index is 0.00619. The third-order valence-corrected chi connectivity index (χ3v) is 3.22. The molecule has 3 rings (SSSR count). The summed E-state index contributed by atoms with van der Waals surface area (Å²) in [7, 11) is 0. The highest BCUT2D eigenvalue weighted by Crippen LogP contribution is 2.23. The highest BCUT2D eigenvalue weighted by Gasteiger charge is 2.04. The van der Waals surface area contributed by atoms with Crippen molar-refractivity contribution in [2.75, 3.05) is 6.61 Å². The molecular weight excluding hydrogens is 300 g/mol. The van der Waals surface area contributed by atoms with Gasteiger partial charge in [-0.3, -0.25) is 0 Å². The van der Waals surface area contributed by atoms with Crippen molar-refractivity contribution in [1.29, 1.82) is 5.26 Å². The van der Waals surface area contributed by atoms with Crippen LogP contribution in [0.1, 0.15) is 11.5 Å². The first kappa shape index (κ1) is 14.2. The zero-order valence-electron chi connectivity index (χ0n) is 11.5.